The van der Waals surface area contributed by atoms with Crippen molar-refractivity contribution in [2.45, 2.75) is 0 Å². The Balaban J connectivity index is 1.33. The number of nitrogens with zero attached hydrogens (tertiary/aromatic N) is 2. The van der Waals surface area contributed by atoms with E-state index in [2.05, 4.69) is 187 Å². The molecule has 0 saturated heterocycles. The van der Waals surface area contributed by atoms with E-state index in [0.717, 1.165) is 89.3 Å². The van der Waals surface area contributed by atoms with Gasteiger partial charge in [-0.05, 0) is 81.2 Å². The van der Waals surface area contributed by atoms with Gasteiger partial charge >= 0.3 is 0 Å². The number of benzene rings is 8. The third-order valence-electron chi connectivity index (χ3n) is 9.85. The number of fused-ring (bicyclic) bond motifs is 12. The fourth-order valence-corrected chi connectivity index (χ4v) is 7.56. The highest BCUT2D eigenvalue weighted by Gasteiger charge is 2.24. The van der Waals surface area contributed by atoms with Crippen LogP contribution in [0.25, 0.3) is 83.4 Å². The van der Waals surface area contributed by atoms with Crippen molar-refractivity contribution in [3.8, 4) is 73.1 Å². The first-order chi connectivity index (χ1) is 24.8. The van der Waals surface area contributed by atoms with E-state index < -0.39 is 0 Å². The van der Waals surface area contributed by atoms with E-state index in [9.17, 15) is 0 Å². The van der Waals surface area contributed by atoms with Crippen molar-refractivity contribution in [1.82, 2.24) is 9.55 Å². The van der Waals surface area contributed by atoms with Crippen LogP contribution in [0.4, 0.5) is 0 Å². The van der Waals surface area contributed by atoms with E-state index in [4.69, 9.17) is 9.72 Å². The number of ether oxygens (including phenoxy) is 1. The van der Waals surface area contributed by atoms with Crippen LogP contribution in [0, 0.1) is 0 Å². The molecule has 0 amide bonds. The van der Waals surface area contributed by atoms with Gasteiger partial charge in [-0.2, -0.15) is 0 Å². The summed E-state index contributed by atoms with van der Waals surface area (Å²) in [4.78, 5) is 5.24. The number of rotatable bonds is 2. The van der Waals surface area contributed by atoms with Gasteiger partial charge in [-0.15, -0.1) is 0 Å². The Labute approximate surface area is 290 Å². The quantitative estimate of drug-likeness (QED) is 0.188. The molecular formula is C47H30N2O. The van der Waals surface area contributed by atoms with Gasteiger partial charge in [0, 0.05) is 27.8 Å². The molecule has 2 heterocycles. The molecule has 9 aromatic rings. The van der Waals surface area contributed by atoms with Crippen LogP contribution in [-0.2, 0) is 0 Å². The summed E-state index contributed by atoms with van der Waals surface area (Å²) in [6, 6.07) is 64.4. The predicted octanol–water partition coefficient (Wildman–Crippen LogP) is 12.6. The summed E-state index contributed by atoms with van der Waals surface area (Å²) in [6.45, 7) is 0. The van der Waals surface area contributed by atoms with Crippen molar-refractivity contribution in [3.63, 3.8) is 0 Å². The van der Waals surface area contributed by atoms with E-state index in [-0.39, 0.29) is 0 Å². The summed E-state index contributed by atoms with van der Waals surface area (Å²) in [7, 11) is 0. The summed E-state index contributed by atoms with van der Waals surface area (Å²) in [5, 5.41) is 2.19. The number of aromatic nitrogens is 2. The maximum Gasteiger partial charge on any atom is 0.145 e. The molecule has 1 aliphatic heterocycles. The molecular weight excluding hydrogens is 609 g/mol. The Hall–Kier alpha value is -6.71. The van der Waals surface area contributed by atoms with Gasteiger partial charge in [0.1, 0.15) is 17.3 Å². The van der Waals surface area contributed by atoms with Crippen LogP contribution < -0.4 is 4.74 Å². The first-order valence-electron chi connectivity index (χ1n) is 17.0. The minimum atomic E-state index is 0.820. The van der Waals surface area contributed by atoms with Crippen molar-refractivity contribution in [2.75, 3.05) is 0 Å². The lowest BCUT2D eigenvalue weighted by Gasteiger charge is -2.19. The van der Waals surface area contributed by atoms with E-state index in [1.54, 1.807) is 0 Å². The third kappa shape index (κ3) is 4.48. The molecule has 0 fully saturated rings. The summed E-state index contributed by atoms with van der Waals surface area (Å²) in [5.74, 6) is 2.55. The Morgan fingerprint density at radius 3 is 1.78 bits per heavy atom. The summed E-state index contributed by atoms with van der Waals surface area (Å²) in [5.41, 5.74) is 13.0. The first kappa shape index (κ1) is 28.3. The smallest absolute Gasteiger partial charge is 0.145 e. The fourth-order valence-electron chi connectivity index (χ4n) is 7.56. The van der Waals surface area contributed by atoms with Gasteiger partial charge in [0.2, 0.25) is 0 Å². The minimum absolute atomic E-state index is 0.820. The molecule has 0 aliphatic carbocycles. The predicted molar refractivity (Wildman–Crippen MR) is 206 cm³/mol. The van der Waals surface area contributed by atoms with Gasteiger partial charge in [-0.1, -0.05) is 140 Å². The van der Waals surface area contributed by atoms with Crippen LogP contribution in [0.2, 0.25) is 0 Å². The monoisotopic (exact) mass is 638 g/mol. The van der Waals surface area contributed by atoms with Crippen molar-refractivity contribution >= 4 is 21.8 Å². The lowest BCUT2D eigenvalue weighted by molar-refractivity contribution is 0.492. The minimum Gasteiger partial charge on any atom is -0.455 e. The van der Waals surface area contributed by atoms with E-state index in [1.165, 1.54) is 5.56 Å². The van der Waals surface area contributed by atoms with Crippen molar-refractivity contribution in [2.24, 2.45) is 0 Å². The highest BCUT2D eigenvalue weighted by molar-refractivity contribution is 6.03. The van der Waals surface area contributed by atoms with E-state index >= 15 is 0 Å². The second-order valence-corrected chi connectivity index (χ2v) is 12.7. The molecule has 234 valence electrons. The maximum absolute atomic E-state index is 7.17. The molecule has 0 saturated carbocycles. The lowest BCUT2D eigenvalue weighted by Crippen LogP contribution is -1.98. The Bertz CT molecular complexity index is 2740. The molecule has 50 heavy (non-hydrogen) atoms. The average Bonchev–Trinajstić information content (AvgIpc) is 3.58. The zero-order valence-electron chi connectivity index (χ0n) is 27.1. The van der Waals surface area contributed by atoms with Crippen LogP contribution >= 0.6 is 0 Å². The fraction of sp³-hybridized carbons (Fsp3) is 0. The molecule has 0 spiro atoms. The average molecular weight is 639 g/mol. The molecule has 0 atom stereocenters. The molecule has 0 radical (unpaired) electrons. The molecule has 0 bridgehead atoms. The highest BCUT2D eigenvalue weighted by Crippen LogP contribution is 2.50. The number of hydrogen-bond acceptors (Lipinski definition) is 2. The summed E-state index contributed by atoms with van der Waals surface area (Å²) < 4.78 is 9.43. The van der Waals surface area contributed by atoms with Gasteiger partial charge in [0.05, 0.1) is 11.0 Å². The molecule has 8 aromatic carbocycles. The highest BCUT2D eigenvalue weighted by atomic mass is 16.5. The molecule has 0 N–H and O–H groups in total. The number of para-hydroxylation sites is 4. The van der Waals surface area contributed by atoms with Crippen LogP contribution in [-0.4, -0.2) is 9.55 Å². The molecule has 1 aliphatic rings. The van der Waals surface area contributed by atoms with Gasteiger partial charge in [-0.3, -0.25) is 4.57 Å². The van der Waals surface area contributed by atoms with Crippen molar-refractivity contribution in [1.29, 1.82) is 0 Å². The zero-order valence-corrected chi connectivity index (χ0v) is 27.1. The molecule has 3 nitrogen and oxygen atoms in total. The molecule has 1 aromatic heterocycles. The molecule has 3 heteroatoms. The van der Waals surface area contributed by atoms with Gasteiger partial charge in [0.15, 0.2) is 0 Å². The third-order valence-corrected chi connectivity index (χ3v) is 9.85. The number of hydrogen-bond donors (Lipinski definition) is 0. The van der Waals surface area contributed by atoms with Crippen molar-refractivity contribution in [3.05, 3.63) is 182 Å². The second-order valence-electron chi connectivity index (χ2n) is 12.7. The zero-order chi connectivity index (χ0) is 33.0. The SMILES string of the molecule is c1ccc(-n2c(-c3ccc4c(c3)-c3ccc5ccccc5c3Oc3ccccc3-c3ccccc3-c3ccccc3-4)nc3ccccc32)cc1. The first-order valence-corrected chi connectivity index (χ1v) is 17.0. The Kier molecular flexibility index (Phi) is 6.49. The van der Waals surface area contributed by atoms with E-state index in [1.807, 2.05) is 0 Å². The summed E-state index contributed by atoms with van der Waals surface area (Å²) in [6.07, 6.45) is 0. The van der Waals surface area contributed by atoms with Crippen LogP contribution in [0.1, 0.15) is 0 Å². The molecule has 10 rings (SSSR count). The Morgan fingerprint density at radius 2 is 1.00 bits per heavy atom. The van der Waals surface area contributed by atoms with Gasteiger partial charge in [-0.25, -0.2) is 4.98 Å². The Morgan fingerprint density at radius 1 is 0.420 bits per heavy atom. The summed E-state index contributed by atoms with van der Waals surface area (Å²) >= 11 is 0. The van der Waals surface area contributed by atoms with Crippen molar-refractivity contribution < 1.29 is 4.74 Å². The normalized spacial score (nSPS) is 11.8. The molecule has 0 unspecified atom stereocenters. The van der Waals surface area contributed by atoms with E-state index in [0.29, 0.717) is 0 Å². The van der Waals surface area contributed by atoms with Gasteiger partial charge < -0.3 is 4.74 Å². The van der Waals surface area contributed by atoms with Crippen LogP contribution in [0.15, 0.2) is 182 Å². The van der Waals surface area contributed by atoms with Crippen LogP contribution in [0.3, 0.4) is 0 Å². The van der Waals surface area contributed by atoms with Gasteiger partial charge in [0.25, 0.3) is 0 Å². The standard InChI is InChI=1S/C47H30N2O/c1-2-15-33(16-3-1)49-44-24-12-11-23-43(44)48-47(49)32-27-28-39-37-20-7-6-18-35(37)36-19-8-9-21-38(36)40-22-10-13-25-45(40)50-46-34-17-5-4-14-31(34)26-29-41(46)42(39)30-32/h1-30H. The van der Waals surface area contributed by atoms with Crippen LogP contribution in [0.5, 0.6) is 11.5 Å². The largest absolute Gasteiger partial charge is 0.455 e. The maximum atomic E-state index is 7.17. The second kappa shape index (κ2) is 11.5. The topological polar surface area (TPSA) is 27.1 Å². The number of imidazole rings is 1. The lowest BCUT2D eigenvalue weighted by atomic mass is 9.85.